The zero-order chi connectivity index (χ0) is 15.4. The Hall–Kier alpha value is -0.610. The standard InChI is InChI=1S/C17H28O4/c1-16-8-7-12-10(11(16)4-6-13(16)18)3-5-14(19)17(12,2)9-15(20)21/h10-14,18-19H,3-9H2,1-2H3,(H,20,21)/t10-,11-,12-,13+,14+,16+,17-/m1/s1. The van der Waals surface area contributed by atoms with Gasteiger partial charge in [0.1, 0.15) is 0 Å². The van der Waals surface area contributed by atoms with E-state index in [1.165, 1.54) is 0 Å². The van der Waals surface area contributed by atoms with Crippen molar-refractivity contribution in [1.29, 1.82) is 0 Å². The molecule has 120 valence electrons. The number of fused-ring (bicyclic) bond motifs is 3. The summed E-state index contributed by atoms with van der Waals surface area (Å²) in [7, 11) is 0. The monoisotopic (exact) mass is 296 g/mol. The summed E-state index contributed by atoms with van der Waals surface area (Å²) in [6.07, 6.45) is 4.85. The molecule has 0 radical (unpaired) electrons. The third-order valence-electron chi connectivity index (χ3n) is 7.30. The van der Waals surface area contributed by atoms with E-state index in [1.54, 1.807) is 0 Å². The Balaban J connectivity index is 1.90. The molecule has 0 aromatic rings. The molecule has 3 fully saturated rings. The summed E-state index contributed by atoms with van der Waals surface area (Å²) in [5, 5.41) is 30.1. The topological polar surface area (TPSA) is 77.8 Å². The summed E-state index contributed by atoms with van der Waals surface area (Å²) in [5.74, 6) is 0.429. The van der Waals surface area contributed by atoms with E-state index in [0.29, 0.717) is 18.3 Å². The van der Waals surface area contributed by atoms with Crippen LogP contribution in [0.5, 0.6) is 0 Å². The molecule has 0 aliphatic heterocycles. The first-order valence-corrected chi connectivity index (χ1v) is 8.37. The van der Waals surface area contributed by atoms with E-state index in [0.717, 1.165) is 32.1 Å². The summed E-state index contributed by atoms with van der Waals surface area (Å²) >= 11 is 0. The summed E-state index contributed by atoms with van der Waals surface area (Å²) in [6, 6.07) is 0. The third kappa shape index (κ3) is 2.14. The van der Waals surface area contributed by atoms with Gasteiger partial charge in [0.05, 0.1) is 18.6 Å². The maximum Gasteiger partial charge on any atom is 0.304 e. The van der Waals surface area contributed by atoms with Crippen LogP contribution in [-0.4, -0.2) is 33.5 Å². The van der Waals surface area contributed by atoms with Gasteiger partial charge in [-0.25, -0.2) is 0 Å². The van der Waals surface area contributed by atoms with Gasteiger partial charge < -0.3 is 15.3 Å². The number of aliphatic hydroxyl groups is 2. The van der Waals surface area contributed by atoms with Gasteiger partial charge in [0, 0.05) is 5.41 Å². The molecule has 0 amide bonds. The van der Waals surface area contributed by atoms with Crippen molar-refractivity contribution >= 4 is 5.97 Å². The van der Waals surface area contributed by atoms with Gasteiger partial charge in [-0.2, -0.15) is 0 Å². The van der Waals surface area contributed by atoms with Gasteiger partial charge >= 0.3 is 5.97 Å². The number of aliphatic hydroxyl groups excluding tert-OH is 2. The third-order valence-corrected chi connectivity index (χ3v) is 7.30. The summed E-state index contributed by atoms with van der Waals surface area (Å²) in [6.45, 7) is 4.18. The average molecular weight is 296 g/mol. The minimum atomic E-state index is -0.808. The minimum Gasteiger partial charge on any atom is -0.481 e. The lowest BCUT2D eigenvalue weighted by molar-refractivity contribution is -0.159. The number of carboxylic acid groups (broad SMARTS) is 1. The molecule has 0 spiro atoms. The SMILES string of the molecule is C[C@]12CC[C@@H]3[C@H](CC[C@H](O)[C@]3(C)CC(=O)O)[C@H]1CC[C@@H]2O. The summed E-state index contributed by atoms with van der Waals surface area (Å²) in [5.41, 5.74) is -0.503. The Bertz CT molecular complexity index is 437. The fourth-order valence-corrected chi connectivity index (χ4v) is 5.98. The Morgan fingerprint density at radius 3 is 2.33 bits per heavy atom. The molecular weight excluding hydrogens is 268 g/mol. The molecule has 3 aliphatic rings. The number of aliphatic carboxylic acids is 1. The molecule has 4 heteroatoms. The van der Waals surface area contributed by atoms with Gasteiger partial charge in [-0.1, -0.05) is 13.8 Å². The van der Waals surface area contributed by atoms with Crippen LogP contribution in [0.2, 0.25) is 0 Å². The molecule has 21 heavy (non-hydrogen) atoms. The first-order chi connectivity index (χ1) is 9.79. The van der Waals surface area contributed by atoms with Crippen LogP contribution in [0.4, 0.5) is 0 Å². The Kier molecular flexibility index (Phi) is 3.61. The van der Waals surface area contributed by atoms with Crippen molar-refractivity contribution in [3.63, 3.8) is 0 Å². The van der Waals surface area contributed by atoms with Crippen molar-refractivity contribution in [3.8, 4) is 0 Å². The second kappa shape index (κ2) is 4.95. The maximum absolute atomic E-state index is 11.3. The molecule has 0 bridgehead atoms. The lowest BCUT2D eigenvalue weighted by atomic mass is 9.49. The fourth-order valence-electron chi connectivity index (χ4n) is 5.98. The van der Waals surface area contributed by atoms with Crippen molar-refractivity contribution in [1.82, 2.24) is 0 Å². The van der Waals surface area contributed by atoms with Crippen molar-refractivity contribution < 1.29 is 20.1 Å². The van der Waals surface area contributed by atoms with Gasteiger partial charge in [-0.3, -0.25) is 4.79 Å². The average Bonchev–Trinajstić information content (AvgIpc) is 2.70. The molecule has 4 nitrogen and oxygen atoms in total. The predicted molar refractivity (Wildman–Crippen MR) is 78.7 cm³/mol. The summed E-state index contributed by atoms with van der Waals surface area (Å²) < 4.78 is 0. The van der Waals surface area contributed by atoms with Gasteiger partial charge in [0.2, 0.25) is 0 Å². The van der Waals surface area contributed by atoms with Crippen LogP contribution in [0.3, 0.4) is 0 Å². The molecule has 3 N–H and O–H groups in total. The van der Waals surface area contributed by atoms with Crippen LogP contribution in [0.15, 0.2) is 0 Å². The van der Waals surface area contributed by atoms with Crippen molar-refractivity contribution in [2.45, 2.75) is 71.0 Å². The van der Waals surface area contributed by atoms with Crippen molar-refractivity contribution in [2.75, 3.05) is 0 Å². The van der Waals surface area contributed by atoms with E-state index < -0.39 is 17.5 Å². The zero-order valence-electron chi connectivity index (χ0n) is 13.1. The normalized spacial score (nSPS) is 53.0. The highest BCUT2D eigenvalue weighted by Crippen LogP contribution is 2.63. The van der Waals surface area contributed by atoms with E-state index >= 15 is 0 Å². The highest BCUT2D eigenvalue weighted by molar-refractivity contribution is 5.68. The molecule has 3 saturated carbocycles. The quantitative estimate of drug-likeness (QED) is 0.731. The number of carboxylic acids is 1. The largest absolute Gasteiger partial charge is 0.481 e. The number of carbonyl (C=O) groups is 1. The van der Waals surface area contributed by atoms with E-state index in [9.17, 15) is 20.1 Å². The minimum absolute atomic E-state index is 0.00753. The van der Waals surface area contributed by atoms with Crippen LogP contribution in [0, 0.1) is 28.6 Å². The predicted octanol–water partition coefficient (Wildman–Crippen LogP) is 2.43. The lowest BCUT2D eigenvalue weighted by Crippen LogP contribution is -2.54. The van der Waals surface area contributed by atoms with Crippen molar-refractivity contribution in [2.24, 2.45) is 28.6 Å². The van der Waals surface area contributed by atoms with E-state index in [2.05, 4.69) is 6.92 Å². The summed E-state index contributed by atoms with van der Waals surface area (Å²) in [4.78, 5) is 11.3. The van der Waals surface area contributed by atoms with E-state index in [4.69, 9.17) is 0 Å². The number of hydrogen-bond donors (Lipinski definition) is 3. The molecule has 0 aromatic carbocycles. The molecule has 7 atom stereocenters. The maximum atomic E-state index is 11.3. The van der Waals surface area contributed by atoms with Gasteiger partial charge in [0.15, 0.2) is 0 Å². The Morgan fingerprint density at radius 2 is 1.67 bits per heavy atom. The second-order valence-corrected chi connectivity index (χ2v) is 8.18. The molecule has 0 heterocycles. The van der Waals surface area contributed by atoms with E-state index in [1.807, 2.05) is 6.92 Å². The lowest BCUT2D eigenvalue weighted by Gasteiger charge is -2.57. The molecule has 3 rings (SSSR count). The Labute approximate surface area is 126 Å². The van der Waals surface area contributed by atoms with Crippen LogP contribution < -0.4 is 0 Å². The Morgan fingerprint density at radius 1 is 1.00 bits per heavy atom. The second-order valence-electron chi connectivity index (χ2n) is 8.18. The van der Waals surface area contributed by atoms with Gasteiger partial charge in [0.25, 0.3) is 0 Å². The molecule has 0 unspecified atom stereocenters. The van der Waals surface area contributed by atoms with Crippen LogP contribution >= 0.6 is 0 Å². The van der Waals surface area contributed by atoms with Crippen LogP contribution in [0.1, 0.15) is 58.8 Å². The molecule has 0 aromatic heterocycles. The number of rotatable bonds is 2. The highest BCUT2D eigenvalue weighted by Gasteiger charge is 2.59. The molecule has 0 saturated heterocycles. The highest BCUT2D eigenvalue weighted by atomic mass is 16.4. The van der Waals surface area contributed by atoms with Gasteiger partial charge in [-0.15, -0.1) is 0 Å². The van der Waals surface area contributed by atoms with Crippen LogP contribution in [-0.2, 0) is 4.79 Å². The van der Waals surface area contributed by atoms with Crippen molar-refractivity contribution in [3.05, 3.63) is 0 Å². The molecular formula is C17H28O4. The van der Waals surface area contributed by atoms with E-state index in [-0.39, 0.29) is 23.9 Å². The first-order valence-electron chi connectivity index (χ1n) is 8.37. The van der Waals surface area contributed by atoms with Gasteiger partial charge in [-0.05, 0) is 61.7 Å². The smallest absolute Gasteiger partial charge is 0.304 e. The fraction of sp³-hybridized carbons (Fsp3) is 0.941. The molecule has 3 aliphatic carbocycles. The first kappa shape index (κ1) is 15.3. The van der Waals surface area contributed by atoms with Crippen LogP contribution in [0.25, 0.3) is 0 Å². The number of hydrogen-bond acceptors (Lipinski definition) is 3. The zero-order valence-corrected chi connectivity index (χ0v) is 13.1.